The lowest BCUT2D eigenvalue weighted by Crippen LogP contribution is -2.17. The third-order valence-electron chi connectivity index (χ3n) is 14.3. The van der Waals surface area contributed by atoms with Gasteiger partial charge in [-0.1, -0.05) is 184 Å². The Kier molecular flexibility index (Phi) is 8.12. The Morgan fingerprint density at radius 2 is 1.06 bits per heavy atom. The number of rotatable bonds is 4. The van der Waals surface area contributed by atoms with Gasteiger partial charge in [0.15, 0.2) is 0 Å². The molecule has 0 saturated heterocycles. The summed E-state index contributed by atoms with van der Waals surface area (Å²) in [5.74, 6) is 0. The first-order valence-corrected chi connectivity index (χ1v) is 22.3. The van der Waals surface area contributed by atoms with Crippen LogP contribution in [0.25, 0.3) is 66.1 Å². The smallest absolute Gasteiger partial charge is 0.143 e. The second-order valence-electron chi connectivity index (χ2n) is 21.0. The van der Waals surface area contributed by atoms with Crippen LogP contribution in [-0.2, 0) is 21.7 Å². The molecule has 0 spiro atoms. The Balaban J connectivity index is 1.18. The first-order valence-electron chi connectivity index (χ1n) is 22.3. The van der Waals surface area contributed by atoms with E-state index in [0.717, 1.165) is 28.2 Å². The van der Waals surface area contributed by atoms with Gasteiger partial charge >= 0.3 is 0 Å². The van der Waals surface area contributed by atoms with Gasteiger partial charge < -0.3 is 9.32 Å². The Hall–Kier alpha value is -6.38. The van der Waals surface area contributed by atoms with E-state index in [0.29, 0.717) is 0 Å². The second-order valence-corrected chi connectivity index (χ2v) is 21.0. The zero-order valence-corrected chi connectivity index (χ0v) is 37.8. The van der Waals surface area contributed by atoms with Gasteiger partial charge in [-0.15, -0.1) is 0 Å². The normalized spacial score (nSPS) is 14.9. The molecule has 306 valence electrons. The summed E-state index contributed by atoms with van der Waals surface area (Å²) in [5, 5.41) is 4.89. The highest BCUT2D eigenvalue weighted by atomic mass is 16.3. The minimum Gasteiger partial charge on any atom is -0.455 e. The summed E-state index contributed by atoms with van der Waals surface area (Å²) < 4.78 is 7.32. The minimum absolute atomic E-state index is 0.00821. The molecule has 0 N–H and O–H groups in total. The van der Waals surface area contributed by atoms with Gasteiger partial charge in [-0.2, -0.15) is 0 Å². The number of benzene rings is 8. The van der Waals surface area contributed by atoms with Gasteiger partial charge in [0, 0.05) is 49.7 Å². The maximum absolute atomic E-state index is 7.32. The van der Waals surface area contributed by atoms with E-state index in [2.05, 4.69) is 226 Å². The molecule has 9 aromatic rings. The van der Waals surface area contributed by atoms with Crippen LogP contribution in [0, 0.1) is 0 Å². The van der Waals surface area contributed by atoms with Gasteiger partial charge in [0.05, 0.1) is 5.69 Å². The highest BCUT2D eigenvalue weighted by molar-refractivity contribution is 6.14. The number of nitrogens with zero attached hydrogens (tertiary/aromatic N) is 1. The highest BCUT2D eigenvalue weighted by Crippen LogP contribution is 2.58. The topological polar surface area (TPSA) is 16.4 Å². The number of fused-ring (bicyclic) bond motifs is 11. The Labute approximate surface area is 366 Å². The standard InChI is InChI=1S/C60H55NO/c1-57(2,3)38-33-46-45-31-32-49-54(56(45)62-55(46)51(34-38)58(4,5)6)53-48(60(49,9)10)23-16-24-52(53)61(40-29-30-44-43-20-13-14-22-47(43)59(7,8)50(44)35-40)39-27-25-37(26-28-39)42-21-15-18-36-17-11-12-19-41(36)42/h11-35H,1-10H3. The minimum atomic E-state index is -0.247. The Bertz CT molecular complexity index is 3300. The van der Waals surface area contributed by atoms with Gasteiger partial charge in [0.1, 0.15) is 11.2 Å². The van der Waals surface area contributed by atoms with Crippen molar-refractivity contribution in [1.82, 2.24) is 0 Å². The van der Waals surface area contributed by atoms with E-state index in [9.17, 15) is 0 Å². The van der Waals surface area contributed by atoms with Gasteiger partial charge in [0.25, 0.3) is 0 Å². The molecule has 8 aromatic carbocycles. The van der Waals surface area contributed by atoms with Crippen LogP contribution in [-0.4, -0.2) is 0 Å². The molecule has 0 amide bonds. The predicted octanol–water partition coefficient (Wildman–Crippen LogP) is 17.1. The second kappa shape index (κ2) is 13.1. The van der Waals surface area contributed by atoms with Crippen molar-refractivity contribution in [3.05, 3.63) is 185 Å². The van der Waals surface area contributed by atoms with E-state index in [4.69, 9.17) is 4.42 Å². The van der Waals surface area contributed by atoms with Crippen molar-refractivity contribution in [1.29, 1.82) is 0 Å². The van der Waals surface area contributed by atoms with Crippen LogP contribution >= 0.6 is 0 Å². The molecule has 1 aromatic heterocycles. The molecular weight excluding hydrogens is 751 g/mol. The maximum atomic E-state index is 7.32. The fourth-order valence-electron chi connectivity index (χ4n) is 10.9. The monoisotopic (exact) mass is 805 g/mol. The average molecular weight is 806 g/mol. The average Bonchev–Trinajstić information content (AvgIpc) is 3.83. The van der Waals surface area contributed by atoms with Crippen LogP contribution in [0.1, 0.15) is 103 Å². The number of hydrogen-bond acceptors (Lipinski definition) is 2. The molecule has 2 aliphatic carbocycles. The molecule has 2 heteroatoms. The summed E-state index contributed by atoms with van der Waals surface area (Å²) >= 11 is 0. The molecule has 11 rings (SSSR count). The fraction of sp³-hybridized carbons (Fsp3) is 0.233. The predicted molar refractivity (Wildman–Crippen MR) is 264 cm³/mol. The van der Waals surface area contributed by atoms with Crippen molar-refractivity contribution in [2.45, 2.75) is 90.9 Å². The lowest BCUT2D eigenvalue weighted by molar-refractivity contribution is 0.559. The molecule has 2 nitrogen and oxygen atoms in total. The van der Waals surface area contributed by atoms with Gasteiger partial charge in [-0.3, -0.25) is 0 Å². The first kappa shape index (κ1) is 38.5. The third kappa shape index (κ3) is 5.55. The van der Waals surface area contributed by atoms with E-state index in [1.54, 1.807) is 0 Å². The van der Waals surface area contributed by atoms with E-state index >= 15 is 0 Å². The van der Waals surface area contributed by atoms with Crippen LogP contribution in [0.15, 0.2) is 156 Å². The zero-order valence-electron chi connectivity index (χ0n) is 37.8. The maximum Gasteiger partial charge on any atom is 0.143 e. The van der Waals surface area contributed by atoms with Gasteiger partial charge in [-0.05, 0) is 108 Å². The van der Waals surface area contributed by atoms with Crippen molar-refractivity contribution >= 4 is 49.8 Å². The van der Waals surface area contributed by atoms with E-state index in [1.165, 1.54) is 88.3 Å². The third-order valence-corrected chi connectivity index (χ3v) is 14.3. The quantitative estimate of drug-likeness (QED) is 0.176. The van der Waals surface area contributed by atoms with E-state index in [-0.39, 0.29) is 21.7 Å². The van der Waals surface area contributed by atoms with Crippen LogP contribution in [0.4, 0.5) is 17.1 Å². The summed E-state index contributed by atoms with van der Waals surface area (Å²) in [6.45, 7) is 23.4. The van der Waals surface area contributed by atoms with E-state index < -0.39 is 0 Å². The lowest BCUT2D eigenvalue weighted by atomic mass is 9.79. The largest absolute Gasteiger partial charge is 0.455 e. The van der Waals surface area contributed by atoms with Crippen molar-refractivity contribution < 1.29 is 4.42 Å². The summed E-state index contributed by atoms with van der Waals surface area (Å²) in [7, 11) is 0. The fourth-order valence-corrected chi connectivity index (χ4v) is 10.9. The lowest BCUT2D eigenvalue weighted by Gasteiger charge is -2.30. The first-order chi connectivity index (χ1) is 29.5. The van der Waals surface area contributed by atoms with Crippen molar-refractivity contribution in [2.75, 3.05) is 4.90 Å². The molecule has 0 saturated carbocycles. The number of anilines is 3. The van der Waals surface area contributed by atoms with Crippen LogP contribution in [0.3, 0.4) is 0 Å². The molecule has 0 radical (unpaired) electrons. The van der Waals surface area contributed by atoms with Crippen LogP contribution < -0.4 is 4.90 Å². The van der Waals surface area contributed by atoms with Crippen molar-refractivity contribution in [3.63, 3.8) is 0 Å². The molecule has 0 atom stereocenters. The molecule has 0 fully saturated rings. The molecule has 2 aliphatic rings. The van der Waals surface area contributed by atoms with Crippen molar-refractivity contribution in [3.8, 4) is 33.4 Å². The summed E-state index contributed by atoms with van der Waals surface area (Å²) in [4.78, 5) is 2.51. The SMILES string of the molecule is CC(C)(C)c1cc(C(C)(C)C)c2oc3c4c(ccc3c2c1)C(C)(C)c1cccc(N(c2ccc(-c3cccc5ccccc35)cc2)c2ccc3c(c2)C(C)(C)c2ccccc2-3)c1-4. The zero-order chi connectivity index (χ0) is 43.1. The molecule has 1 heterocycles. The number of hydrogen-bond donors (Lipinski definition) is 0. The molecule has 62 heavy (non-hydrogen) atoms. The molecule has 0 unspecified atom stereocenters. The summed E-state index contributed by atoms with van der Waals surface area (Å²) in [5.41, 5.74) is 20.4. The molecule has 0 bridgehead atoms. The van der Waals surface area contributed by atoms with Crippen LogP contribution in [0.5, 0.6) is 0 Å². The van der Waals surface area contributed by atoms with E-state index in [1.807, 2.05) is 0 Å². The van der Waals surface area contributed by atoms with Gasteiger partial charge in [-0.25, -0.2) is 0 Å². The van der Waals surface area contributed by atoms with Crippen LogP contribution in [0.2, 0.25) is 0 Å². The highest BCUT2D eigenvalue weighted by Gasteiger charge is 2.41. The Morgan fingerprint density at radius 1 is 0.435 bits per heavy atom. The molecular formula is C60H55NO. The summed E-state index contributed by atoms with van der Waals surface area (Å²) in [6, 6.07) is 57.0. The van der Waals surface area contributed by atoms with Crippen molar-refractivity contribution in [2.24, 2.45) is 0 Å². The summed E-state index contributed by atoms with van der Waals surface area (Å²) in [6.07, 6.45) is 0. The Morgan fingerprint density at radius 3 is 1.84 bits per heavy atom. The number of furan rings is 1. The van der Waals surface area contributed by atoms with Gasteiger partial charge in [0.2, 0.25) is 0 Å². The molecule has 0 aliphatic heterocycles.